The molecule has 1 aliphatic carbocycles. The molecule has 1 aromatic heterocycles. The number of aryl methyl sites for hydroxylation is 1. The molecule has 1 saturated heterocycles. The van der Waals surface area contributed by atoms with Crippen molar-refractivity contribution in [2.75, 3.05) is 23.8 Å². The van der Waals surface area contributed by atoms with Crippen LogP contribution in [-0.4, -0.2) is 35.4 Å². The molecular formula is C15H22N4O. The van der Waals surface area contributed by atoms with E-state index in [1.807, 2.05) is 7.05 Å². The van der Waals surface area contributed by atoms with Gasteiger partial charge in [-0.1, -0.05) is 0 Å². The van der Waals surface area contributed by atoms with Crippen molar-refractivity contribution in [2.24, 2.45) is 0 Å². The Labute approximate surface area is 119 Å². The predicted molar refractivity (Wildman–Crippen MR) is 79.5 cm³/mol. The first-order chi connectivity index (χ1) is 9.70. The number of hydrogen-bond acceptors (Lipinski definition) is 5. The Morgan fingerprint density at radius 2 is 2.05 bits per heavy atom. The minimum Gasteiger partial charge on any atom is -0.372 e. The van der Waals surface area contributed by atoms with Crippen LogP contribution in [0.25, 0.3) is 0 Å². The molecule has 1 unspecified atom stereocenters. The largest absolute Gasteiger partial charge is 0.372 e. The molecule has 0 radical (unpaired) electrons. The van der Waals surface area contributed by atoms with Gasteiger partial charge in [-0.2, -0.15) is 4.98 Å². The van der Waals surface area contributed by atoms with E-state index < -0.39 is 0 Å². The van der Waals surface area contributed by atoms with Crippen LogP contribution in [0.3, 0.4) is 0 Å². The van der Waals surface area contributed by atoms with E-state index in [9.17, 15) is 4.79 Å². The Kier molecular flexibility index (Phi) is 3.59. The maximum absolute atomic E-state index is 12.1. The summed E-state index contributed by atoms with van der Waals surface area (Å²) in [5.74, 6) is 1.66. The van der Waals surface area contributed by atoms with Gasteiger partial charge in [0.05, 0.1) is 11.3 Å². The number of hydrogen-bond donors (Lipinski definition) is 1. The molecule has 0 aromatic carbocycles. The third-order valence-electron chi connectivity index (χ3n) is 4.37. The Bertz CT molecular complexity index is 512. The summed E-state index contributed by atoms with van der Waals surface area (Å²) in [5, 5.41) is 3.08. The van der Waals surface area contributed by atoms with E-state index in [0.29, 0.717) is 23.8 Å². The molecule has 0 spiro atoms. The van der Waals surface area contributed by atoms with Crippen molar-refractivity contribution in [3.63, 3.8) is 0 Å². The summed E-state index contributed by atoms with van der Waals surface area (Å²) in [6, 6.07) is 0.478. The van der Waals surface area contributed by atoms with Crippen molar-refractivity contribution in [2.45, 2.75) is 51.5 Å². The van der Waals surface area contributed by atoms with Crippen LogP contribution < -0.4 is 10.2 Å². The summed E-state index contributed by atoms with van der Waals surface area (Å²) in [7, 11) is 1.83. The van der Waals surface area contributed by atoms with Gasteiger partial charge in [0, 0.05) is 26.1 Å². The molecule has 0 amide bonds. The number of Topliss-reactive ketones (excluding diaryl/α,β-unsaturated/α-hetero) is 1. The van der Waals surface area contributed by atoms with Crippen molar-refractivity contribution in [3.05, 3.63) is 11.3 Å². The van der Waals surface area contributed by atoms with E-state index >= 15 is 0 Å². The molecule has 108 valence electrons. The van der Waals surface area contributed by atoms with E-state index in [-0.39, 0.29) is 5.78 Å². The van der Waals surface area contributed by atoms with Gasteiger partial charge in [0.1, 0.15) is 5.82 Å². The second-order valence-corrected chi connectivity index (χ2v) is 5.76. The molecule has 1 aliphatic heterocycles. The van der Waals surface area contributed by atoms with Crippen LogP contribution in [0.5, 0.6) is 0 Å². The molecule has 1 atom stereocenters. The fourth-order valence-electron chi connectivity index (χ4n) is 3.21. The summed E-state index contributed by atoms with van der Waals surface area (Å²) in [6.07, 6.45) is 6.06. The molecule has 1 fully saturated rings. The maximum atomic E-state index is 12.1. The zero-order valence-corrected chi connectivity index (χ0v) is 12.3. The highest BCUT2D eigenvalue weighted by Gasteiger charge is 2.27. The van der Waals surface area contributed by atoms with Gasteiger partial charge in [-0.3, -0.25) is 4.79 Å². The number of aromatic nitrogens is 2. The lowest BCUT2D eigenvalue weighted by Crippen LogP contribution is -2.39. The van der Waals surface area contributed by atoms with Crippen molar-refractivity contribution < 1.29 is 4.79 Å². The van der Waals surface area contributed by atoms with Crippen LogP contribution in [0.1, 0.15) is 55.1 Å². The summed E-state index contributed by atoms with van der Waals surface area (Å²) in [6.45, 7) is 3.24. The number of piperidine rings is 1. The first-order valence-corrected chi connectivity index (χ1v) is 7.59. The second kappa shape index (κ2) is 5.38. The van der Waals surface area contributed by atoms with Gasteiger partial charge in [0.2, 0.25) is 5.95 Å². The third-order valence-corrected chi connectivity index (χ3v) is 4.37. The number of anilines is 2. The summed E-state index contributed by atoms with van der Waals surface area (Å²) in [5.41, 5.74) is 1.64. The Morgan fingerprint density at radius 3 is 2.80 bits per heavy atom. The topological polar surface area (TPSA) is 58.1 Å². The zero-order chi connectivity index (χ0) is 14.1. The average molecular weight is 274 g/mol. The van der Waals surface area contributed by atoms with Crippen molar-refractivity contribution in [1.82, 2.24) is 9.97 Å². The monoisotopic (exact) mass is 274 g/mol. The van der Waals surface area contributed by atoms with Crippen molar-refractivity contribution in [1.29, 1.82) is 0 Å². The van der Waals surface area contributed by atoms with E-state index in [2.05, 4.69) is 22.1 Å². The van der Waals surface area contributed by atoms with Gasteiger partial charge in [0.25, 0.3) is 0 Å². The fraction of sp³-hybridized carbons (Fsp3) is 0.667. The van der Waals surface area contributed by atoms with Crippen molar-refractivity contribution in [3.8, 4) is 0 Å². The summed E-state index contributed by atoms with van der Waals surface area (Å²) >= 11 is 0. The van der Waals surface area contributed by atoms with Crippen LogP contribution in [-0.2, 0) is 6.42 Å². The number of fused-ring (bicyclic) bond motifs is 1. The predicted octanol–water partition coefficient (Wildman–Crippen LogP) is 2.42. The second-order valence-electron chi connectivity index (χ2n) is 5.76. The van der Waals surface area contributed by atoms with Gasteiger partial charge < -0.3 is 10.2 Å². The lowest BCUT2D eigenvalue weighted by molar-refractivity contribution is 0.0972. The first kappa shape index (κ1) is 13.3. The summed E-state index contributed by atoms with van der Waals surface area (Å²) in [4.78, 5) is 23.7. The molecule has 0 bridgehead atoms. The minimum atomic E-state index is 0.175. The Morgan fingerprint density at radius 1 is 1.20 bits per heavy atom. The molecule has 5 heteroatoms. The number of nitrogens with one attached hydrogen (secondary N) is 1. The fourth-order valence-corrected chi connectivity index (χ4v) is 3.21. The normalized spacial score (nSPS) is 22.6. The SMILES string of the molecule is CNc1nc(N2CCCCC2C)nc2c1C(=O)CCC2. The molecular weight excluding hydrogens is 252 g/mol. The van der Waals surface area contributed by atoms with E-state index in [1.54, 1.807) is 0 Å². The molecule has 20 heavy (non-hydrogen) atoms. The first-order valence-electron chi connectivity index (χ1n) is 7.59. The van der Waals surface area contributed by atoms with E-state index in [1.165, 1.54) is 19.3 Å². The van der Waals surface area contributed by atoms with Crippen LogP contribution in [0.2, 0.25) is 0 Å². The van der Waals surface area contributed by atoms with Crippen LogP contribution in [0, 0.1) is 0 Å². The van der Waals surface area contributed by atoms with Crippen LogP contribution in [0.4, 0.5) is 11.8 Å². The molecule has 1 N–H and O–H groups in total. The van der Waals surface area contributed by atoms with E-state index in [4.69, 9.17) is 4.98 Å². The average Bonchev–Trinajstić information content (AvgIpc) is 2.47. The smallest absolute Gasteiger partial charge is 0.227 e. The third kappa shape index (κ3) is 2.25. The van der Waals surface area contributed by atoms with Gasteiger partial charge >= 0.3 is 0 Å². The molecule has 5 nitrogen and oxygen atoms in total. The van der Waals surface area contributed by atoms with Gasteiger partial charge in [-0.25, -0.2) is 4.98 Å². The quantitative estimate of drug-likeness (QED) is 0.897. The minimum absolute atomic E-state index is 0.175. The van der Waals surface area contributed by atoms with Gasteiger partial charge in [-0.05, 0) is 39.0 Å². The lowest BCUT2D eigenvalue weighted by atomic mass is 9.95. The van der Waals surface area contributed by atoms with Gasteiger partial charge in [-0.15, -0.1) is 0 Å². The molecule has 2 heterocycles. The maximum Gasteiger partial charge on any atom is 0.227 e. The molecule has 3 rings (SSSR count). The highest BCUT2D eigenvalue weighted by atomic mass is 16.1. The number of nitrogens with zero attached hydrogens (tertiary/aromatic N) is 3. The van der Waals surface area contributed by atoms with Crippen molar-refractivity contribution >= 4 is 17.5 Å². The molecule has 1 aromatic rings. The molecule has 0 saturated carbocycles. The standard InChI is InChI=1S/C15H22N4O/c1-10-6-3-4-9-19(10)15-17-11-7-5-8-12(20)13(11)14(16-2)18-15/h10H,3-9H2,1-2H3,(H,16,17,18). The highest BCUT2D eigenvalue weighted by Crippen LogP contribution is 2.29. The van der Waals surface area contributed by atoms with Gasteiger partial charge in [0.15, 0.2) is 5.78 Å². The Hall–Kier alpha value is -1.65. The van der Waals surface area contributed by atoms with Crippen LogP contribution >= 0.6 is 0 Å². The van der Waals surface area contributed by atoms with Crippen LogP contribution in [0.15, 0.2) is 0 Å². The number of carbonyl (C=O) groups excluding carboxylic acids is 1. The highest BCUT2D eigenvalue weighted by molar-refractivity contribution is 6.02. The Balaban J connectivity index is 2.02. The molecule has 2 aliphatic rings. The zero-order valence-electron chi connectivity index (χ0n) is 12.3. The van der Waals surface area contributed by atoms with E-state index in [0.717, 1.165) is 31.0 Å². The number of carbonyl (C=O) groups is 1. The number of rotatable bonds is 2. The lowest BCUT2D eigenvalue weighted by Gasteiger charge is -2.34. The number of ketones is 1. The summed E-state index contributed by atoms with van der Waals surface area (Å²) < 4.78 is 0.